The van der Waals surface area contributed by atoms with Crippen molar-refractivity contribution in [2.45, 2.75) is 24.7 Å². The second kappa shape index (κ2) is 6.16. The van der Waals surface area contributed by atoms with Gasteiger partial charge in [-0.2, -0.15) is 0 Å². The molecule has 5 nitrogen and oxygen atoms in total. The van der Waals surface area contributed by atoms with E-state index in [0.29, 0.717) is 5.56 Å². The predicted molar refractivity (Wildman–Crippen MR) is 87.6 cm³/mol. The molecule has 23 heavy (non-hydrogen) atoms. The van der Waals surface area contributed by atoms with Gasteiger partial charge in [-0.25, -0.2) is 17.8 Å². The zero-order valence-electron chi connectivity index (χ0n) is 12.8. The highest BCUT2D eigenvalue weighted by Crippen LogP contribution is 2.22. The van der Waals surface area contributed by atoms with Crippen molar-refractivity contribution in [3.63, 3.8) is 0 Å². The Balaban J connectivity index is 1.80. The minimum Gasteiger partial charge on any atom is -0.370 e. The van der Waals surface area contributed by atoms with Gasteiger partial charge in [-0.3, -0.25) is 4.72 Å². The Hall–Kier alpha value is -2.15. The second-order valence-electron chi connectivity index (χ2n) is 5.61. The molecule has 1 aromatic heterocycles. The maximum atomic E-state index is 13.1. The van der Waals surface area contributed by atoms with Gasteiger partial charge in [0.2, 0.25) is 0 Å². The van der Waals surface area contributed by atoms with Crippen LogP contribution in [0.4, 0.5) is 15.9 Å². The van der Waals surface area contributed by atoms with Crippen LogP contribution in [0.2, 0.25) is 0 Å². The topological polar surface area (TPSA) is 62.3 Å². The van der Waals surface area contributed by atoms with E-state index in [1.54, 1.807) is 19.2 Å². The lowest BCUT2D eigenvalue weighted by Gasteiger charge is -2.17. The number of aryl methyl sites for hydroxylation is 1. The van der Waals surface area contributed by atoms with Crippen LogP contribution in [0.15, 0.2) is 41.4 Å². The van der Waals surface area contributed by atoms with Gasteiger partial charge in [-0.1, -0.05) is 0 Å². The smallest absolute Gasteiger partial charge is 0.263 e. The molecule has 1 aromatic carbocycles. The summed E-state index contributed by atoms with van der Waals surface area (Å²) in [7, 11) is -3.79. The standard InChI is InChI=1S/C16H18FN3O2S/c1-12-10-13(17)4-6-15(12)23(21,22)19-16-7-5-14(11-18-16)20-8-2-3-9-20/h4-7,10-11H,2-3,8-9H2,1H3,(H,18,19). The molecule has 0 saturated carbocycles. The number of rotatable bonds is 4. The van der Waals surface area contributed by atoms with Crippen molar-refractivity contribution >= 4 is 21.5 Å². The number of nitrogens with zero attached hydrogens (tertiary/aromatic N) is 2. The van der Waals surface area contributed by atoms with E-state index in [0.717, 1.165) is 37.7 Å². The molecule has 2 heterocycles. The summed E-state index contributed by atoms with van der Waals surface area (Å²) in [5.74, 6) is -0.216. The number of nitrogens with one attached hydrogen (secondary N) is 1. The van der Waals surface area contributed by atoms with E-state index in [-0.39, 0.29) is 10.7 Å². The third-order valence-corrected chi connectivity index (χ3v) is 5.40. The Morgan fingerprint density at radius 2 is 1.91 bits per heavy atom. The molecule has 2 aromatic rings. The van der Waals surface area contributed by atoms with Crippen LogP contribution in [0.3, 0.4) is 0 Å². The summed E-state index contributed by atoms with van der Waals surface area (Å²) in [5.41, 5.74) is 1.34. The van der Waals surface area contributed by atoms with Gasteiger partial charge in [0.25, 0.3) is 10.0 Å². The number of hydrogen-bond acceptors (Lipinski definition) is 4. The van der Waals surface area contributed by atoms with Crippen molar-refractivity contribution in [3.05, 3.63) is 47.9 Å². The first-order chi connectivity index (χ1) is 11.0. The molecule has 1 aliphatic rings. The minimum absolute atomic E-state index is 0.0457. The summed E-state index contributed by atoms with van der Waals surface area (Å²) in [4.78, 5) is 6.44. The molecule has 3 rings (SSSR count). The Morgan fingerprint density at radius 1 is 1.17 bits per heavy atom. The quantitative estimate of drug-likeness (QED) is 0.933. The van der Waals surface area contributed by atoms with E-state index in [4.69, 9.17) is 0 Å². The molecule has 0 unspecified atom stereocenters. The highest BCUT2D eigenvalue weighted by Gasteiger charge is 2.18. The number of anilines is 2. The lowest BCUT2D eigenvalue weighted by atomic mass is 10.2. The molecule has 122 valence electrons. The predicted octanol–water partition coefficient (Wildman–Crippen LogP) is 2.93. The largest absolute Gasteiger partial charge is 0.370 e. The van der Waals surface area contributed by atoms with E-state index >= 15 is 0 Å². The molecule has 0 radical (unpaired) electrons. The van der Waals surface area contributed by atoms with Crippen LogP contribution in [0.1, 0.15) is 18.4 Å². The van der Waals surface area contributed by atoms with Crippen LogP contribution in [0, 0.1) is 12.7 Å². The Kier molecular flexibility index (Phi) is 4.21. The van der Waals surface area contributed by atoms with Gasteiger partial charge in [0.1, 0.15) is 11.6 Å². The Labute approximate surface area is 135 Å². The molecule has 0 atom stereocenters. The summed E-state index contributed by atoms with van der Waals surface area (Å²) in [5, 5.41) is 0. The molecule has 1 aliphatic heterocycles. The van der Waals surface area contributed by atoms with Crippen LogP contribution >= 0.6 is 0 Å². The van der Waals surface area contributed by atoms with Crippen LogP contribution < -0.4 is 9.62 Å². The number of benzene rings is 1. The van der Waals surface area contributed by atoms with E-state index in [1.165, 1.54) is 12.1 Å². The second-order valence-corrected chi connectivity index (χ2v) is 7.26. The minimum atomic E-state index is -3.79. The van der Waals surface area contributed by atoms with Gasteiger partial charge < -0.3 is 4.90 Å². The number of hydrogen-bond donors (Lipinski definition) is 1. The fourth-order valence-corrected chi connectivity index (χ4v) is 3.95. The van der Waals surface area contributed by atoms with Gasteiger partial charge in [0, 0.05) is 13.1 Å². The van der Waals surface area contributed by atoms with E-state index in [2.05, 4.69) is 14.6 Å². The fourth-order valence-electron chi connectivity index (χ4n) is 2.72. The zero-order valence-corrected chi connectivity index (χ0v) is 13.6. The third kappa shape index (κ3) is 3.44. The molecular formula is C16H18FN3O2S. The van der Waals surface area contributed by atoms with Crippen LogP contribution in [-0.2, 0) is 10.0 Å². The van der Waals surface area contributed by atoms with Crippen molar-refractivity contribution in [1.29, 1.82) is 0 Å². The van der Waals surface area contributed by atoms with Crippen molar-refractivity contribution in [1.82, 2.24) is 4.98 Å². The van der Waals surface area contributed by atoms with Crippen LogP contribution in [0.25, 0.3) is 0 Å². The maximum absolute atomic E-state index is 13.1. The summed E-state index contributed by atoms with van der Waals surface area (Å²) in [6.45, 7) is 3.56. The number of sulfonamides is 1. The summed E-state index contributed by atoms with van der Waals surface area (Å²) in [6.07, 6.45) is 4.00. The van der Waals surface area contributed by atoms with E-state index in [1.807, 2.05) is 6.07 Å². The van der Waals surface area contributed by atoms with Crippen molar-refractivity contribution in [2.24, 2.45) is 0 Å². The summed E-state index contributed by atoms with van der Waals surface area (Å²) >= 11 is 0. The Bertz CT molecular complexity index is 801. The molecule has 1 fully saturated rings. The van der Waals surface area contributed by atoms with Gasteiger partial charge in [0.15, 0.2) is 0 Å². The lowest BCUT2D eigenvalue weighted by molar-refractivity contribution is 0.598. The van der Waals surface area contributed by atoms with Gasteiger partial charge in [-0.05, 0) is 55.7 Å². The molecule has 1 saturated heterocycles. The van der Waals surface area contributed by atoms with Gasteiger partial charge in [0.05, 0.1) is 16.8 Å². The molecule has 0 aliphatic carbocycles. The first-order valence-corrected chi connectivity index (χ1v) is 8.94. The van der Waals surface area contributed by atoms with Crippen molar-refractivity contribution in [2.75, 3.05) is 22.7 Å². The maximum Gasteiger partial charge on any atom is 0.263 e. The van der Waals surface area contributed by atoms with Crippen LogP contribution in [0.5, 0.6) is 0 Å². The summed E-state index contributed by atoms with van der Waals surface area (Å²) < 4.78 is 40.3. The Morgan fingerprint density at radius 3 is 2.52 bits per heavy atom. The third-order valence-electron chi connectivity index (χ3n) is 3.88. The molecule has 0 amide bonds. The molecule has 0 bridgehead atoms. The normalized spacial score (nSPS) is 15.0. The monoisotopic (exact) mass is 335 g/mol. The first kappa shape index (κ1) is 15.7. The number of aromatic nitrogens is 1. The molecule has 0 spiro atoms. The SMILES string of the molecule is Cc1cc(F)ccc1S(=O)(=O)Nc1ccc(N2CCCC2)cn1. The lowest BCUT2D eigenvalue weighted by Crippen LogP contribution is -2.18. The number of pyridine rings is 1. The molecule has 7 heteroatoms. The molecular weight excluding hydrogens is 317 g/mol. The first-order valence-electron chi connectivity index (χ1n) is 7.46. The van der Waals surface area contributed by atoms with Crippen molar-refractivity contribution < 1.29 is 12.8 Å². The average molecular weight is 335 g/mol. The molecule has 1 N–H and O–H groups in total. The number of halogens is 1. The van der Waals surface area contributed by atoms with Gasteiger partial charge in [-0.15, -0.1) is 0 Å². The summed E-state index contributed by atoms with van der Waals surface area (Å²) in [6, 6.07) is 7.08. The van der Waals surface area contributed by atoms with Crippen LogP contribution in [-0.4, -0.2) is 26.5 Å². The van der Waals surface area contributed by atoms with E-state index < -0.39 is 15.8 Å². The van der Waals surface area contributed by atoms with Crippen molar-refractivity contribution in [3.8, 4) is 0 Å². The highest BCUT2D eigenvalue weighted by atomic mass is 32.2. The highest BCUT2D eigenvalue weighted by molar-refractivity contribution is 7.92. The fraction of sp³-hybridized carbons (Fsp3) is 0.312. The zero-order chi connectivity index (χ0) is 16.4. The average Bonchev–Trinajstić information content (AvgIpc) is 3.01. The van der Waals surface area contributed by atoms with E-state index in [9.17, 15) is 12.8 Å². The van der Waals surface area contributed by atoms with Gasteiger partial charge >= 0.3 is 0 Å².